The van der Waals surface area contributed by atoms with Gasteiger partial charge < -0.3 is 15.5 Å². The molecule has 1 heterocycles. The molecule has 1 aliphatic rings. The maximum atomic E-state index is 12.1. The van der Waals surface area contributed by atoms with Gasteiger partial charge in [-0.15, -0.1) is 0 Å². The summed E-state index contributed by atoms with van der Waals surface area (Å²) < 4.78 is 0.946. The quantitative estimate of drug-likeness (QED) is 0.798. The van der Waals surface area contributed by atoms with Crippen LogP contribution in [-0.2, 0) is 4.79 Å². The normalized spacial score (nSPS) is 13.8. The second-order valence-corrected chi connectivity index (χ2v) is 7.02. The van der Waals surface area contributed by atoms with Crippen LogP contribution in [0, 0.1) is 6.92 Å². The van der Waals surface area contributed by atoms with E-state index < -0.39 is 0 Å². The van der Waals surface area contributed by atoms with Crippen LogP contribution in [0.25, 0.3) is 0 Å². The molecule has 0 unspecified atom stereocenters. The Bertz CT molecular complexity index is 726. The van der Waals surface area contributed by atoms with Crippen molar-refractivity contribution in [3.8, 4) is 0 Å². The standard InChI is InChI=1S/C19H22BrN3O/c1-14-11-17(23-9-2-3-10-23)7-8-18(14)21-13-19(24)22-16-6-4-5-15(20)12-16/h4-8,11-12,21H,2-3,9-10,13H2,1H3,(H,22,24). The second-order valence-electron chi connectivity index (χ2n) is 6.11. The van der Waals surface area contributed by atoms with E-state index in [2.05, 4.69) is 56.6 Å². The SMILES string of the molecule is Cc1cc(N2CCCC2)ccc1NCC(=O)Nc1cccc(Br)c1. The molecule has 0 spiro atoms. The summed E-state index contributed by atoms with van der Waals surface area (Å²) in [5.74, 6) is -0.0591. The van der Waals surface area contributed by atoms with E-state index in [1.54, 1.807) is 0 Å². The molecule has 0 saturated carbocycles. The number of hydrogen-bond donors (Lipinski definition) is 2. The van der Waals surface area contributed by atoms with Crippen molar-refractivity contribution in [1.29, 1.82) is 0 Å². The van der Waals surface area contributed by atoms with Gasteiger partial charge in [0.05, 0.1) is 6.54 Å². The molecular weight excluding hydrogens is 366 g/mol. The smallest absolute Gasteiger partial charge is 0.243 e. The van der Waals surface area contributed by atoms with Gasteiger partial charge in [0.1, 0.15) is 0 Å². The maximum absolute atomic E-state index is 12.1. The third kappa shape index (κ3) is 4.29. The van der Waals surface area contributed by atoms with Crippen molar-refractivity contribution < 1.29 is 4.79 Å². The van der Waals surface area contributed by atoms with Gasteiger partial charge >= 0.3 is 0 Å². The van der Waals surface area contributed by atoms with Crippen LogP contribution in [0.4, 0.5) is 17.1 Å². The number of anilines is 3. The van der Waals surface area contributed by atoms with E-state index in [9.17, 15) is 4.79 Å². The molecule has 1 fully saturated rings. The number of carbonyl (C=O) groups excluding carboxylic acids is 1. The highest BCUT2D eigenvalue weighted by molar-refractivity contribution is 9.10. The van der Waals surface area contributed by atoms with Crippen LogP contribution in [0.3, 0.4) is 0 Å². The molecule has 5 heteroatoms. The first-order chi connectivity index (χ1) is 11.6. The molecule has 0 bridgehead atoms. The fourth-order valence-corrected chi connectivity index (χ4v) is 3.36. The van der Waals surface area contributed by atoms with E-state index in [0.29, 0.717) is 0 Å². The van der Waals surface area contributed by atoms with Crippen LogP contribution < -0.4 is 15.5 Å². The lowest BCUT2D eigenvalue weighted by Crippen LogP contribution is -2.22. The number of amides is 1. The van der Waals surface area contributed by atoms with Crippen LogP contribution in [0.5, 0.6) is 0 Å². The van der Waals surface area contributed by atoms with Crippen molar-refractivity contribution in [3.63, 3.8) is 0 Å². The number of nitrogens with one attached hydrogen (secondary N) is 2. The summed E-state index contributed by atoms with van der Waals surface area (Å²) in [6.45, 7) is 4.60. The van der Waals surface area contributed by atoms with Crippen LogP contribution in [0.2, 0.25) is 0 Å². The minimum atomic E-state index is -0.0591. The van der Waals surface area contributed by atoms with Crippen LogP contribution in [-0.4, -0.2) is 25.5 Å². The van der Waals surface area contributed by atoms with Gasteiger partial charge in [0.25, 0.3) is 0 Å². The molecule has 0 aromatic heterocycles. The third-order valence-electron chi connectivity index (χ3n) is 4.23. The van der Waals surface area contributed by atoms with Crippen LogP contribution in [0.1, 0.15) is 18.4 Å². The lowest BCUT2D eigenvalue weighted by atomic mass is 10.1. The molecule has 0 aliphatic carbocycles. The van der Waals surface area contributed by atoms with Gasteiger partial charge in [-0.2, -0.15) is 0 Å². The number of rotatable bonds is 5. The van der Waals surface area contributed by atoms with Gasteiger partial charge in [0.2, 0.25) is 5.91 Å². The molecule has 1 amide bonds. The molecule has 2 N–H and O–H groups in total. The third-order valence-corrected chi connectivity index (χ3v) is 4.72. The average molecular weight is 388 g/mol. The zero-order chi connectivity index (χ0) is 16.9. The van der Waals surface area contributed by atoms with E-state index >= 15 is 0 Å². The molecule has 1 aliphatic heterocycles. The Hall–Kier alpha value is -2.01. The Morgan fingerprint density at radius 2 is 1.96 bits per heavy atom. The average Bonchev–Trinajstić information content (AvgIpc) is 3.08. The minimum absolute atomic E-state index is 0.0591. The van der Waals surface area contributed by atoms with Gasteiger partial charge in [0, 0.05) is 34.6 Å². The molecule has 3 rings (SSSR count). The lowest BCUT2D eigenvalue weighted by Gasteiger charge is -2.19. The highest BCUT2D eigenvalue weighted by Crippen LogP contribution is 2.25. The van der Waals surface area contributed by atoms with Gasteiger partial charge in [-0.25, -0.2) is 0 Å². The number of aryl methyl sites for hydroxylation is 1. The molecule has 0 atom stereocenters. The highest BCUT2D eigenvalue weighted by Gasteiger charge is 2.13. The van der Waals surface area contributed by atoms with E-state index in [4.69, 9.17) is 0 Å². The van der Waals surface area contributed by atoms with Crippen molar-refractivity contribution in [2.75, 3.05) is 35.2 Å². The molecule has 2 aromatic carbocycles. The Balaban J connectivity index is 1.56. The topological polar surface area (TPSA) is 44.4 Å². The molecule has 126 valence electrons. The predicted molar refractivity (Wildman–Crippen MR) is 104 cm³/mol. The Morgan fingerprint density at radius 1 is 1.17 bits per heavy atom. The summed E-state index contributed by atoms with van der Waals surface area (Å²) in [4.78, 5) is 14.5. The second kappa shape index (κ2) is 7.71. The largest absolute Gasteiger partial charge is 0.376 e. The lowest BCUT2D eigenvalue weighted by molar-refractivity contribution is -0.114. The van der Waals surface area contributed by atoms with Crippen molar-refractivity contribution in [1.82, 2.24) is 0 Å². The van der Waals surface area contributed by atoms with Crippen molar-refractivity contribution >= 4 is 38.9 Å². The Labute approximate surface area is 151 Å². The maximum Gasteiger partial charge on any atom is 0.243 e. The predicted octanol–water partition coefficient (Wildman–Crippen LogP) is 4.41. The van der Waals surface area contributed by atoms with Crippen molar-refractivity contribution in [2.24, 2.45) is 0 Å². The van der Waals surface area contributed by atoms with Gasteiger partial charge in [-0.05, 0) is 61.7 Å². The number of hydrogen-bond acceptors (Lipinski definition) is 3. The summed E-state index contributed by atoms with van der Waals surface area (Å²) >= 11 is 3.40. The zero-order valence-electron chi connectivity index (χ0n) is 13.8. The molecule has 0 radical (unpaired) electrons. The highest BCUT2D eigenvalue weighted by atomic mass is 79.9. The number of carbonyl (C=O) groups is 1. The molecule has 1 saturated heterocycles. The summed E-state index contributed by atoms with van der Waals surface area (Å²) in [6.07, 6.45) is 2.55. The van der Waals surface area contributed by atoms with E-state index in [0.717, 1.165) is 34.5 Å². The van der Waals surface area contributed by atoms with E-state index in [1.807, 2.05) is 24.3 Å². The first-order valence-electron chi connectivity index (χ1n) is 8.27. The van der Waals surface area contributed by atoms with Gasteiger partial charge in [-0.3, -0.25) is 4.79 Å². The van der Waals surface area contributed by atoms with Crippen molar-refractivity contribution in [2.45, 2.75) is 19.8 Å². The van der Waals surface area contributed by atoms with E-state index in [-0.39, 0.29) is 12.5 Å². The van der Waals surface area contributed by atoms with Crippen LogP contribution >= 0.6 is 15.9 Å². The minimum Gasteiger partial charge on any atom is -0.376 e. The monoisotopic (exact) mass is 387 g/mol. The summed E-state index contributed by atoms with van der Waals surface area (Å²) in [6, 6.07) is 14.0. The number of nitrogens with zero attached hydrogens (tertiary/aromatic N) is 1. The summed E-state index contributed by atoms with van der Waals surface area (Å²) in [5.41, 5.74) is 4.23. The fraction of sp³-hybridized carbons (Fsp3) is 0.316. The summed E-state index contributed by atoms with van der Waals surface area (Å²) in [5, 5.41) is 6.11. The first kappa shape index (κ1) is 16.8. The fourth-order valence-electron chi connectivity index (χ4n) is 2.97. The zero-order valence-corrected chi connectivity index (χ0v) is 15.4. The molecule has 2 aromatic rings. The Kier molecular flexibility index (Phi) is 5.41. The number of halogens is 1. The molecule has 4 nitrogen and oxygen atoms in total. The molecule has 24 heavy (non-hydrogen) atoms. The van der Waals surface area contributed by atoms with Gasteiger partial charge in [0.15, 0.2) is 0 Å². The van der Waals surface area contributed by atoms with Gasteiger partial charge in [-0.1, -0.05) is 22.0 Å². The number of benzene rings is 2. The molecular formula is C19H22BrN3O. The van der Waals surface area contributed by atoms with Crippen molar-refractivity contribution in [3.05, 3.63) is 52.5 Å². The first-order valence-corrected chi connectivity index (χ1v) is 9.06. The van der Waals surface area contributed by atoms with Crippen LogP contribution in [0.15, 0.2) is 46.9 Å². The summed E-state index contributed by atoms with van der Waals surface area (Å²) in [7, 11) is 0. The van der Waals surface area contributed by atoms with E-state index in [1.165, 1.54) is 18.5 Å². The Morgan fingerprint density at radius 3 is 2.67 bits per heavy atom.